The number of carbonyl (C=O) groups is 1. The summed E-state index contributed by atoms with van der Waals surface area (Å²) in [6.45, 7) is 7.16. The molecule has 1 aromatic heterocycles. The molecule has 0 aliphatic heterocycles. The highest BCUT2D eigenvalue weighted by atomic mass is 32.2. The molecule has 5 heteroatoms. The standard InChI is InChI=1S/C22H24O3S2/c1-15-19(10-9-18-11-12-26-21(15)18)13-20(23)17-7-5-16(6-8-17)14-27(24,25)22(2,3)4/h5-12H,13-14H2,1-4H3. The molecule has 0 fully saturated rings. The lowest BCUT2D eigenvalue weighted by Gasteiger charge is -2.19. The minimum atomic E-state index is -3.24. The normalized spacial score (nSPS) is 12.4. The molecular weight excluding hydrogens is 376 g/mol. The van der Waals surface area contributed by atoms with Crippen molar-refractivity contribution in [2.45, 2.75) is 44.6 Å². The van der Waals surface area contributed by atoms with E-state index in [2.05, 4.69) is 24.4 Å². The lowest BCUT2D eigenvalue weighted by atomic mass is 9.98. The molecule has 3 rings (SSSR count). The number of hydrogen-bond acceptors (Lipinski definition) is 4. The average molecular weight is 401 g/mol. The number of aryl methyl sites for hydroxylation is 1. The predicted octanol–water partition coefficient (Wildman–Crippen LogP) is 5.35. The lowest BCUT2D eigenvalue weighted by molar-refractivity contribution is 0.0993. The zero-order valence-electron chi connectivity index (χ0n) is 16.1. The highest BCUT2D eigenvalue weighted by Gasteiger charge is 2.28. The summed E-state index contributed by atoms with van der Waals surface area (Å²) in [5.74, 6) is 0.0262. The molecule has 0 aliphatic carbocycles. The molecule has 0 N–H and O–H groups in total. The van der Waals surface area contributed by atoms with Gasteiger partial charge in [-0.2, -0.15) is 0 Å². The number of sulfone groups is 1. The summed E-state index contributed by atoms with van der Waals surface area (Å²) in [4.78, 5) is 12.7. The van der Waals surface area contributed by atoms with Gasteiger partial charge in [0, 0.05) is 16.7 Å². The van der Waals surface area contributed by atoms with Crippen molar-refractivity contribution in [2.24, 2.45) is 0 Å². The lowest BCUT2D eigenvalue weighted by Crippen LogP contribution is -2.29. The van der Waals surface area contributed by atoms with Gasteiger partial charge in [-0.1, -0.05) is 36.4 Å². The number of benzene rings is 2. The number of carbonyl (C=O) groups excluding carboxylic acids is 1. The Balaban J connectivity index is 1.76. The van der Waals surface area contributed by atoms with Crippen LogP contribution in [0.25, 0.3) is 10.1 Å². The molecule has 142 valence electrons. The highest BCUT2D eigenvalue weighted by Crippen LogP contribution is 2.28. The van der Waals surface area contributed by atoms with E-state index >= 15 is 0 Å². The first-order valence-electron chi connectivity index (χ1n) is 8.88. The van der Waals surface area contributed by atoms with Crippen LogP contribution in [0, 0.1) is 6.92 Å². The van der Waals surface area contributed by atoms with E-state index in [0.717, 1.165) is 11.1 Å². The van der Waals surface area contributed by atoms with Crippen molar-refractivity contribution < 1.29 is 13.2 Å². The molecule has 0 saturated carbocycles. The first-order chi connectivity index (χ1) is 12.6. The van der Waals surface area contributed by atoms with Crippen LogP contribution >= 0.6 is 11.3 Å². The van der Waals surface area contributed by atoms with E-state index in [1.54, 1.807) is 56.4 Å². The monoisotopic (exact) mass is 400 g/mol. The molecule has 0 aliphatic rings. The molecule has 0 bridgehead atoms. The molecule has 3 aromatic rings. The molecule has 0 atom stereocenters. The van der Waals surface area contributed by atoms with Crippen molar-refractivity contribution in [1.29, 1.82) is 0 Å². The molecule has 0 radical (unpaired) electrons. The fourth-order valence-electron chi connectivity index (χ4n) is 2.91. The van der Waals surface area contributed by atoms with Crippen molar-refractivity contribution in [3.8, 4) is 0 Å². The molecule has 27 heavy (non-hydrogen) atoms. The van der Waals surface area contributed by atoms with Gasteiger partial charge in [-0.05, 0) is 61.2 Å². The van der Waals surface area contributed by atoms with Crippen LogP contribution in [-0.2, 0) is 22.0 Å². The van der Waals surface area contributed by atoms with Crippen LogP contribution in [0.2, 0.25) is 0 Å². The smallest absolute Gasteiger partial charge is 0.167 e. The Labute approximate surface area is 165 Å². The summed E-state index contributed by atoms with van der Waals surface area (Å²) in [5, 5.41) is 3.27. The highest BCUT2D eigenvalue weighted by molar-refractivity contribution is 7.91. The first-order valence-corrected chi connectivity index (χ1v) is 11.4. The number of Topliss-reactive ketones (excluding diaryl/α,β-unsaturated/α-hetero) is 1. The summed E-state index contributed by atoms with van der Waals surface area (Å²) >= 11 is 1.69. The van der Waals surface area contributed by atoms with E-state index in [-0.39, 0.29) is 11.5 Å². The summed E-state index contributed by atoms with van der Waals surface area (Å²) in [5.41, 5.74) is 3.51. The van der Waals surface area contributed by atoms with E-state index in [1.807, 2.05) is 6.07 Å². The number of ketones is 1. The fourth-order valence-corrected chi connectivity index (χ4v) is 4.90. The van der Waals surface area contributed by atoms with Gasteiger partial charge in [-0.3, -0.25) is 4.79 Å². The summed E-state index contributed by atoms with van der Waals surface area (Å²) in [6, 6.07) is 13.1. The Kier molecular flexibility index (Phi) is 5.28. The maximum atomic E-state index is 12.7. The largest absolute Gasteiger partial charge is 0.294 e. The Hall–Kier alpha value is -1.98. The molecule has 0 amide bonds. The summed E-state index contributed by atoms with van der Waals surface area (Å²) < 4.78 is 25.1. The third kappa shape index (κ3) is 4.14. The van der Waals surface area contributed by atoms with Crippen molar-refractivity contribution >= 4 is 37.0 Å². The van der Waals surface area contributed by atoms with Gasteiger partial charge in [0.05, 0.1) is 10.5 Å². The van der Waals surface area contributed by atoms with Crippen molar-refractivity contribution in [3.63, 3.8) is 0 Å². The Morgan fingerprint density at radius 2 is 1.67 bits per heavy atom. The van der Waals surface area contributed by atoms with Crippen LogP contribution in [-0.4, -0.2) is 18.9 Å². The zero-order valence-corrected chi connectivity index (χ0v) is 17.7. The summed E-state index contributed by atoms with van der Waals surface area (Å²) in [7, 11) is -3.24. The second-order valence-electron chi connectivity index (χ2n) is 7.86. The number of rotatable bonds is 5. The van der Waals surface area contributed by atoms with Crippen LogP contribution in [0.3, 0.4) is 0 Å². The predicted molar refractivity (Wildman–Crippen MR) is 113 cm³/mol. The van der Waals surface area contributed by atoms with Crippen molar-refractivity contribution in [1.82, 2.24) is 0 Å². The zero-order chi connectivity index (χ0) is 19.8. The average Bonchev–Trinajstić information content (AvgIpc) is 3.06. The minimum Gasteiger partial charge on any atom is -0.294 e. The van der Waals surface area contributed by atoms with Crippen LogP contribution in [0.4, 0.5) is 0 Å². The van der Waals surface area contributed by atoms with Gasteiger partial charge in [0.1, 0.15) is 0 Å². The molecule has 0 saturated heterocycles. The van der Waals surface area contributed by atoms with E-state index in [0.29, 0.717) is 17.5 Å². The van der Waals surface area contributed by atoms with Gasteiger partial charge in [0.25, 0.3) is 0 Å². The van der Waals surface area contributed by atoms with Crippen LogP contribution in [0.1, 0.15) is 47.8 Å². The van der Waals surface area contributed by atoms with Gasteiger partial charge in [0.2, 0.25) is 0 Å². The van der Waals surface area contributed by atoms with E-state index < -0.39 is 14.6 Å². The molecule has 0 unspecified atom stereocenters. The molecule has 3 nitrogen and oxygen atoms in total. The second kappa shape index (κ2) is 7.21. The van der Waals surface area contributed by atoms with Gasteiger partial charge >= 0.3 is 0 Å². The first kappa shape index (κ1) is 19.8. The van der Waals surface area contributed by atoms with Gasteiger partial charge in [0.15, 0.2) is 15.6 Å². The number of fused-ring (bicyclic) bond motifs is 1. The van der Waals surface area contributed by atoms with E-state index in [9.17, 15) is 13.2 Å². The van der Waals surface area contributed by atoms with Gasteiger partial charge in [-0.25, -0.2) is 8.42 Å². The fraction of sp³-hybridized carbons (Fsp3) is 0.318. The van der Waals surface area contributed by atoms with Gasteiger partial charge in [-0.15, -0.1) is 11.3 Å². The SMILES string of the molecule is Cc1c(CC(=O)c2ccc(CS(=O)(=O)C(C)(C)C)cc2)ccc2ccsc12. The van der Waals surface area contributed by atoms with E-state index in [1.165, 1.54) is 10.1 Å². The maximum Gasteiger partial charge on any atom is 0.167 e. The maximum absolute atomic E-state index is 12.7. The summed E-state index contributed by atoms with van der Waals surface area (Å²) in [6.07, 6.45) is 0.347. The third-order valence-electron chi connectivity index (χ3n) is 4.90. The Bertz CT molecular complexity index is 1080. The van der Waals surface area contributed by atoms with Crippen LogP contribution < -0.4 is 0 Å². The molecular formula is C22H24O3S2. The minimum absolute atomic E-state index is 0.0148. The van der Waals surface area contributed by atoms with Crippen molar-refractivity contribution in [3.05, 3.63) is 70.1 Å². The van der Waals surface area contributed by atoms with Crippen molar-refractivity contribution in [2.75, 3.05) is 0 Å². The molecule has 1 heterocycles. The topological polar surface area (TPSA) is 51.2 Å². The Morgan fingerprint density at radius 1 is 1.00 bits per heavy atom. The van der Waals surface area contributed by atoms with Gasteiger partial charge < -0.3 is 0 Å². The van der Waals surface area contributed by atoms with E-state index in [4.69, 9.17) is 0 Å². The molecule has 0 spiro atoms. The number of hydrogen-bond donors (Lipinski definition) is 0. The quantitative estimate of drug-likeness (QED) is 0.543. The van der Waals surface area contributed by atoms with Crippen LogP contribution in [0.5, 0.6) is 0 Å². The third-order valence-corrected chi connectivity index (χ3v) is 8.53. The Morgan fingerprint density at radius 3 is 2.30 bits per heavy atom. The van der Waals surface area contributed by atoms with Crippen LogP contribution in [0.15, 0.2) is 47.8 Å². The second-order valence-corrected chi connectivity index (χ2v) is 11.5. The molecule has 2 aromatic carbocycles. The number of thiophene rings is 1.